The second-order valence-corrected chi connectivity index (χ2v) is 4.92. The van der Waals surface area contributed by atoms with Gasteiger partial charge in [0, 0.05) is 19.1 Å². The molecule has 1 unspecified atom stereocenters. The summed E-state index contributed by atoms with van der Waals surface area (Å²) in [5, 5.41) is 6.95. The van der Waals surface area contributed by atoms with Crippen LogP contribution in [-0.2, 0) is 0 Å². The summed E-state index contributed by atoms with van der Waals surface area (Å²) in [7, 11) is 0. The second-order valence-electron chi connectivity index (χ2n) is 4.92. The molecule has 5 nitrogen and oxygen atoms in total. The smallest absolute Gasteiger partial charge is 0.245 e. The van der Waals surface area contributed by atoms with E-state index in [0.717, 1.165) is 19.5 Å². The molecule has 100 valence electrons. The molecule has 0 saturated carbocycles. The molecule has 0 radical (unpaired) electrons. The topological polar surface area (TPSA) is 70.8 Å². The fourth-order valence-corrected chi connectivity index (χ4v) is 2.31. The highest BCUT2D eigenvalue weighted by atomic mass is 19.1. The fraction of sp³-hybridized carbons (Fsp3) is 0.385. The SMILES string of the molecule is Cc1cccc(-c2nc(N3CCC(N)C3)n[nH]2)c1F. The maximum Gasteiger partial charge on any atom is 0.245 e. The summed E-state index contributed by atoms with van der Waals surface area (Å²) in [6, 6.07) is 5.40. The van der Waals surface area contributed by atoms with Gasteiger partial charge in [-0.25, -0.2) is 4.39 Å². The summed E-state index contributed by atoms with van der Waals surface area (Å²) in [6.45, 7) is 3.32. The summed E-state index contributed by atoms with van der Waals surface area (Å²) in [5.74, 6) is 0.781. The van der Waals surface area contributed by atoms with Gasteiger partial charge in [0.15, 0.2) is 5.82 Å². The van der Waals surface area contributed by atoms with Crippen LogP contribution in [0.1, 0.15) is 12.0 Å². The Bertz CT molecular complexity index is 594. The van der Waals surface area contributed by atoms with Crippen molar-refractivity contribution >= 4 is 5.95 Å². The molecule has 1 aromatic carbocycles. The van der Waals surface area contributed by atoms with E-state index < -0.39 is 0 Å². The summed E-state index contributed by atoms with van der Waals surface area (Å²) in [4.78, 5) is 6.37. The van der Waals surface area contributed by atoms with Gasteiger partial charge in [0.2, 0.25) is 5.95 Å². The van der Waals surface area contributed by atoms with Crippen molar-refractivity contribution in [3.05, 3.63) is 29.6 Å². The van der Waals surface area contributed by atoms with E-state index >= 15 is 0 Å². The first-order valence-corrected chi connectivity index (χ1v) is 6.33. The molecule has 2 aromatic rings. The van der Waals surface area contributed by atoms with Crippen LogP contribution in [0, 0.1) is 12.7 Å². The third kappa shape index (κ3) is 2.19. The molecular formula is C13H16FN5. The number of halogens is 1. The number of anilines is 1. The summed E-state index contributed by atoms with van der Waals surface area (Å²) >= 11 is 0. The van der Waals surface area contributed by atoms with Crippen molar-refractivity contribution in [3.8, 4) is 11.4 Å². The van der Waals surface area contributed by atoms with Gasteiger partial charge in [-0.05, 0) is 25.0 Å². The lowest BCUT2D eigenvalue weighted by molar-refractivity contribution is 0.621. The van der Waals surface area contributed by atoms with Crippen LogP contribution in [-0.4, -0.2) is 34.3 Å². The largest absolute Gasteiger partial charge is 0.338 e. The molecule has 1 atom stereocenters. The number of nitrogens with two attached hydrogens (primary N) is 1. The van der Waals surface area contributed by atoms with Crippen molar-refractivity contribution in [1.29, 1.82) is 0 Å². The van der Waals surface area contributed by atoms with E-state index in [1.54, 1.807) is 19.1 Å². The lowest BCUT2D eigenvalue weighted by Gasteiger charge is -2.11. The summed E-state index contributed by atoms with van der Waals surface area (Å²) in [6.07, 6.45) is 0.933. The van der Waals surface area contributed by atoms with Crippen molar-refractivity contribution in [2.45, 2.75) is 19.4 Å². The molecule has 1 saturated heterocycles. The van der Waals surface area contributed by atoms with E-state index in [0.29, 0.717) is 22.9 Å². The van der Waals surface area contributed by atoms with Crippen molar-refractivity contribution in [2.24, 2.45) is 5.73 Å². The highest BCUT2D eigenvalue weighted by Gasteiger charge is 2.23. The first kappa shape index (κ1) is 12.1. The molecule has 6 heteroatoms. The van der Waals surface area contributed by atoms with Crippen LogP contribution >= 0.6 is 0 Å². The van der Waals surface area contributed by atoms with Crippen molar-refractivity contribution in [2.75, 3.05) is 18.0 Å². The number of benzene rings is 1. The average Bonchev–Trinajstić information content (AvgIpc) is 3.01. The molecule has 0 spiro atoms. The maximum absolute atomic E-state index is 14.0. The highest BCUT2D eigenvalue weighted by molar-refractivity contribution is 5.58. The lowest BCUT2D eigenvalue weighted by Crippen LogP contribution is -2.26. The van der Waals surface area contributed by atoms with E-state index in [-0.39, 0.29) is 11.9 Å². The highest BCUT2D eigenvalue weighted by Crippen LogP contribution is 2.24. The molecule has 2 heterocycles. The van der Waals surface area contributed by atoms with Crippen molar-refractivity contribution < 1.29 is 4.39 Å². The number of H-pyrrole nitrogens is 1. The zero-order chi connectivity index (χ0) is 13.4. The van der Waals surface area contributed by atoms with Crippen LogP contribution in [0.5, 0.6) is 0 Å². The number of hydrogen-bond donors (Lipinski definition) is 2. The van der Waals surface area contributed by atoms with E-state index in [2.05, 4.69) is 15.2 Å². The Morgan fingerprint density at radius 2 is 2.32 bits per heavy atom. The Morgan fingerprint density at radius 1 is 1.47 bits per heavy atom. The van der Waals surface area contributed by atoms with Gasteiger partial charge in [-0.3, -0.25) is 5.10 Å². The monoisotopic (exact) mass is 261 g/mol. The zero-order valence-corrected chi connectivity index (χ0v) is 10.7. The van der Waals surface area contributed by atoms with Gasteiger partial charge in [-0.1, -0.05) is 12.1 Å². The van der Waals surface area contributed by atoms with Crippen LogP contribution in [0.4, 0.5) is 10.3 Å². The van der Waals surface area contributed by atoms with Crippen LogP contribution in [0.2, 0.25) is 0 Å². The molecule has 1 aliphatic heterocycles. The third-order valence-corrected chi connectivity index (χ3v) is 3.43. The number of hydrogen-bond acceptors (Lipinski definition) is 4. The number of aryl methyl sites for hydroxylation is 1. The number of aromatic nitrogens is 3. The molecule has 0 bridgehead atoms. The Labute approximate surface area is 110 Å². The standard InChI is InChI=1S/C13H16FN5/c1-8-3-2-4-10(11(8)14)12-16-13(18-17-12)19-6-5-9(15)7-19/h2-4,9H,5-7,15H2,1H3,(H,16,17,18). The van der Waals surface area contributed by atoms with Crippen LogP contribution < -0.4 is 10.6 Å². The number of aromatic amines is 1. The van der Waals surface area contributed by atoms with Gasteiger partial charge < -0.3 is 10.6 Å². The van der Waals surface area contributed by atoms with Crippen LogP contribution in [0.15, 0.2) is 18.2 Å². The molecule has 1 aliphatic rings. The maximum atomic E-state index is 14.0. The molecular weight excluding hydrogens is 245 g/mol. The summed E-state index contributed by atoms with van der Waals surface area (Å²) < 4.78 is 14.0. The lowest BCUT2D eigenvalue weighted by atomic mass is 10.1. The fourth-order valence-electron chi connectivity index (χ4n) is 2.31. The predicted octanol–water partition coefficient (Wildman–Crippen LogP) is 1.46. The molecule has 1 aromatic heterocycles. The molecule has 0 aliphatic carbocycles. The number of nitrogens with one attached hydrogen (secondary N) is 1. The minimum absolute atomic E-state index is 0.164. The van der Waals surface area contributed by atoms with E-state index in [1.165, 1.54) is 0 Å². The van der Waals surface area contributed by atoms with Gasteiger partial charge >= 0.3 is 0 Å². The Balaban J connectivity index is 1.91. The first-order chi connectivity index (χ1) is 9.15. The van der Waals surface area contributed by atoms with Gasteiger partial charge in [0.1, 0.15) is 5.82 Å². The van der Waals surface area contributed by atoms with E-state index in [9.17, 15) is 4.39 Å². The predicted molar refractivity (Wildman–Crippen MR) is 71.3 cm³/mol. The molecule has 1 fully saturated rings. The molecule has 3 N–H and O–H groups in total. The summed E-state index contributed by atoms with van der Waals surface area (Å²) in [5.41, 5.74) is 6.90. The molecule has 3 rings (SSSR count). The van der Waals surface area contributed by atoms with E-state index in [1.807, 2.05) is 11.0 Å². The van der Waals surface area contributed by atoms with Crippen molar-refractivity contribution in [3.63, 3.8) is 0 Å². The van der Waals surface area contributed by atoms with E-state index in [4.69, 9.17) is 5.73 Å². The Hall–Kier alpha value is -1.95. The average molecular weight is 261 g/mol. The third-order valence-electron chi connectivity index (χ3n) is 3.43. The second kappa shape index (κ2) is 4.62. The molecule has 19 heavy (non-hydrogen) atoms. The zero-order valence-electron chi connectivity index (χ0n) is 10.7. The number of rotatable bonds is 2. The first-order valence-electron chi connectivity index (χ1n) is 6.33. The van der Waals surface area contributed by atoms with Crippen molar-refractivity contribution in [1.82, 2.24) is 15.2 Å². The van der Waals surface area contributed by atoms with Crippen LogP contribution in [0.3, 0.4) is 0 Å². The van der Waals surface area contributed by atoms with Gasteiger partial charge in [-0.2, -0.15) is 4.98 Å². The minimum Gasteiger partial charge on any atom is -0.338 e. The van der Waals surface area contributed by atoms with Crippen LogP contribution in [0.25, 0.3) is 11.4 Å². The Kier molecular flexibility index (Phi) is 2.94. The van der Waals surface area contributed by atoms with Gasteiger partial charge in [-0.15, -0.1) is 5.10 Å². The quantitative estimate of drug-likeness (QED) is 0.858. The normalized spacial score (nSPS) is 19.1. The van der Waals surface area contributed by atoms with Gasteiger partial charge in [0.25, 0.3) is 0 Å². The molecule has 0 amide bonds. The van der Waals surface area contributed by atoms with Gasteiger partial charge in [0.05, 0.1) is 5.56 Å². The Morgan fingerprint density at radius 3 is 3.05 bits per heavy atom. The number of nitrogens with zero attached hydrogens (tertiary/aromatic N) is 3. The minimum atomic E-state index is -0.261.